The molecule has 2 saturated heterocycles. The number of carbonyl (C=O) groups is 3. The zero-order valence-corrected chi connectivity index (χ0v) is 13.3. The lowest BCUT2D eigenvalue weighted by Crippen LogP contribution is -2.55. The Balaban J connectivity index is 1.75. The number of piperidine rings is 1. The number of hydrogen-bond acceptors (Lipinski definition) is 3. The fraction of sp³-hybridized carbons (Fsp3) is 0.357. The Kier molecular flexibility index (Phi) is 3.93. The van der Waals surface area contributed by atoms with E-state index < -0.39 is 23.3 Å². The van der Waals surface area contributed by atoms with Crippen LogP contribution in [0.25, 0.3) is 0 Å². The van der Waals surface area contributed by atoms with Crippen LogP contribution in [0.3, 0.4) is 0 Å². The first-order valence-electron chi connectivity index (χ1n) is 6.90. The summed E-state index contributed by atoms with van der Waals surface area (Å²) in [5.41, 5.74) is -0.951. The van der Waals surface area contributed by atoms with E-state index in [2.05, 4.69) is 10.6 Å². The van der Waals surface area contributed by atoms with Crippen LogP contribution in [0.4, 0.5) is 9.18 Å². The summed E-state index contributed by atoms with van der Waals surface area (Å²) in [6.07, 6.45) is 0.564. The van der Waals surface area contributed by atoms with Gasteiger partial charge in [-0.15, -0.1) is 0 Å². The first-order valence-corrected chi connectivity index (χ1v) is 7.65. The van der Waals surface area contributed by atoms with Gasteiger partial charge in [-0.2, -0.15) is 0 Å². The molecule has 0 atom stereocenters. The molecule has 122 valence electrons. The third-order valence-corrected chi connectivity index (χ3v) is 4.76. The Morgan fingerprint density at radius 2 is 1.83 bits per heavy atom. The molecule has 0 bridgehead atoms. The first kappa shape index (κ1) is 16.0. The van der Waals surface area contributed by atoms with Crippen molar-refractivity contribution in [3.05, 3.63) is 33.6 Å². The number of nitrogens with one attached hydrogen (secondary N) is 2. The smallest absolute Gasteiger partial charge is 0.322 e. The Labute approximate surface area is 140 Å². The molecule has 23 heavy (non-hydrogen) atoms. The van der Waals surface area contributed by atoms with E-state index in [-0.39, 0.29) is 47.4 Å². The molecule has 2 heterocycles. The summed E-state index contributed by atoms with van der Waals surface area (Å²) in [6, 6.07) is 1.65. The van der Waals surface area contributed by atoms with Gasteiger partial charge in [-0.05, 0) is 25.0 Å². The highest BCUT2D eigenvalue weighted by atomic mass is 35.5. The van der Waals surface area contributed by atoms with Crippen molar-refractivity contribution in [2.24, 2.45) is 0 Å². The van der Waals surface area contributed by atoms with Crippen molar-refractivity contribution in [3.63, 3.8) is 0 Å². The van der Waals surface area contributed by atoms with Gasteiger partial charge >= 0.3 is 6.03 Å². The summed E-state index contributed by atoms with van der Waals surface area (Å²) in [6.45, 7) is 0.486. The summed E-state index contributed by atoms with van der Waals surface area (Å²) in [5, 5.41) is 4.71. The van der Waals surface area contributed by atoms with Gasteiger partial charge in [0.15, 0.2) is 0 Å². The molecule has 0 saturated carbocycles. The zero-order chi connectivity index (χ0) is 16.8. The second-order valence-electron chi connectivity index (χ2n) is 5.53. The molecule has 1 aromatic carbocycles. The quantitative estimate of drug-likeness (QED) is 0.594. The molecular formula is C14H12Cl2FN3O3. The normalized spacial score (nSPS) is 19.7. The SMILES string of the molecule is O=C1NC(=O)C2(CCN(C(=O)c3cc(F)c(Cl)cc3Cl)CC2)N1. The average Bonchev–Trinajstić information content (AvgIpc) is 2.77. The lowest BCUT2D eigenvalue weighted by molar-refractivity contribution is -0.125. The summed E-state index contributed by atoms with van der Waals surface area (Å²) >= 11 is 11.6. The van der Waals surface area contributed by atoms with Gasteiger partial charge in [0.2, 0.25) is 0 Å². The van der Waals surface area contributed by atoms with E-state index in [1.54, 1.807) is 0 Å². The molecule has 0 aromatic heterocycles. The van der Waals surface area contributed by atoms with Crippen molar-refractivity contribution >= 4 is 41.0 Å². The first-order chi connectivity index (χ1) is 10.8. The number of amides is 4. The molecule has 2 N–H and O–H groups in total. The van der Waals surface area contributed by atoms with Crippen molar-refractivity contribution in [3.8, 4) is 0 Å². The van der Waals surface area contributed by atoms with Gasteiger partial charge in [-0.3, -0.25) is 14.9 Å². The van der Waals surface area contributed by atoms with Crippen LogP contribution in [0.1, 0.15) is 23.2 Å². The summed E-state index contributed by atoms with van der Waals surface area (Å²) < 4.78 is 13.6. The number of hydrogen-bond donors (Lipinski definition) is 2. The molecule has 4 amide bonds. The summed E-state index contributed by atoms with van der Waals surface area (Å²) in [5.74, 6) is -1.55. The van der Waals surface area contributed by atoms with Gasteiger partial charge in [0.05, 0.1) is 15.6 Å². The molecule has 2 aliphatic rings. The number of imide groups is 1. The minimum Gasteiger partial charge on any atom is -0.338 e. The highest BCUT2D eigenvalue weighted by Crippen LogP contribution is 2.29. The highest BCUT2D eigenvalue weighted by Gasteiger charge is 2.48. The lowest BCUT2D eigenvalue weighted by atomic mass is 9.87. The van der Waals surface area contributed by atoms with Crippen LogP contribution >= 0.6 is 23.2 Å². The lowest BCUT2D eigenvalue weighted by Gasteiger charge is -2.37. The van der Waals surface area contributed by atoms with Crippen molar-refractivity contribution in [2.45, 2.75) is 18.4 Å². The molecule has 3 rings (SSSR count). The molecule has 0 aliphatic carbocycles. The van der Waals surface area contributed by atoms with E-state index in [1.807, 2.05) is 0 Å². The van der Waals surface area contributed by atoms with Crippen LogP contribution in [0, 0.1) is 5.82 Å². The second-order valence-corrected chi connectivity index (χ2v) is 6.34. The third kappa shape index (κ3) is 2.74. The van der Waals surface area contributed by atoms with Crippen molar-refractivity contribution in [2.75, 3.05) is 13.1 Å². The van der Waals surface area contributed by atoms with Gasteiger partial charge in [-0.1, -0.05) is 23.2 Å². The largest absolute Gasteiger partial charge is 0.338 e. The number of likely N-dealkylation sites (tertiary alicyclic amines) is 1. The van der Waals surface area contributed by atoms with Crippen LogP contribution in [0.5, 0.6) is 0 Å². The number of carbonyl (C=O) groups excluding carboxylic acids is 3. The van der Waals surface area contributed by atoms with E-state index in [0.29, 0.717) is 0 Å². The maximum Gasteiger partial charge on any atom is 0.322 e. The van der Waals surface area contributed by atoms with E-state index in [0.717, 1.165) is 6.07 Å². The van der Waals surface area contributed by atoms with Crippen LogP contribution < -0.4 is 10.6 Å². The maximum absolute atomic E-state index is 13.6. The van der Waals surface area contributed by atoms with E-state index in [4.69, 9.17) is 23.2 Å². The van der Waals surface area contributed by atoms with Crippen LogP contribution in [-0.2, 0) is 4.79 Å². The molecule has 1 aromatic rings. The number of nitrogens with zero attached hydrogens (tertiary/aromatic N) is 1. The van der Waals surface area contributed by atoms with Crippen molar-refractivity contribution in [1.82, 2.24) is 15.5 Å². The standard InChI is InChI=1S/C14H12Cl2FN3O3/c15-8-6-9(16)10(17)5-7(8)11(21)20-3-1-14(2-4-20)12(22)18-13(23)19-14/h5-6H,1-4H2,(H2,18,19,22,23). The molecule has 2 fully saturated rings. The fourth-order valence-corrected chi connectivity index (χ4v) is 3.29. The number of urea groups is 1. The van der Waals surface area contributed by atoms with Gasteiger partial charge in [0, 0.05) is 13.1 Å². The van der Waals surface area contributed by atoms with E-state index in [9.17, 15) is 18.8 Å². The minimum absolute atomic E-state index is 0.0180. The molecule has 1 spiro atoms. The second kappa shape index (κ2) is 5.65. The van der Waals surface area contributed by atoms with Crippen molar-refractivity contribution < 1.29 is 18.8 Å². The fourth-order valence-electron chi connectivity index (χ4n) is 2.83. The zero-order valence-electron chi connectivity index (χ0n) is 11.8. The average molecular weight is 360 g/mol. The maximum atomic E-state index is 13.6. The summed E-state index contributed by atoms with van der Waals surface area (Å²) in [4.78, 5) is 37.1. The molecule has 9 heteroatoms. The number of rotatable bonds is 1. The van der Waals surface area contributed by atoms with Gasteiger partial charge in [-0.25, -0.2) is 9.18 Å². The molecular weight excluding hydrogens is 348 g/mol. The molecule has 0 radical (unpaired) electrons. The van der Waals surface area contributed by atoms with E-state index in [1.165, 1.54) is 11.0 Å². The van der Waals surface area contributed by atoms with Crippen molar-refractivity contribution in [1.29, 1.82) is 0 Å². The van der Waals surface area contributed by atoms with Gasteiger partial charge in [0.25, 0.3) is 11.8 Å². The number of benzene rings is 1. The highest BCUT2D eigenvalue weighted by molar-refractivity contribution is 6.36. The van der Waals surface area contributed by atoms with Crippen LogP contribution in [0.2, 0.25) is 10.0 Å². The molecule has 6 nitrogen and oxygen atoms in total. The molecule has 0 unspecified atom stereocenters. The molecule has 2 aliphatic heterocycles. The minimum atomic E-state index is -0.969. The monoisotopic (exact) mass is 359 g/mol. The van der Waals surface area contributed by atoms with Crippen LogP contribution in [-0.4, -0.2) is 41.4 Å². The Bertz CT molecular complexity index is 717. The number of halogens is 3. The Morgan fingerprint density at radius 3 is 2.39 bits per heavy atom. The summed E-state index contributed by atoms with van der Waals surface area (Å²) in [7, 11) is 0. The Morgan fingerprint density at radius 1 is 1.17 bits per heavy atom. The predicted molar refractivity (Wildman–Crippen MR) is 81.0 cm³/mol. The van der Waals surface area contributed by atoms with Crippen LogP contribution in [0.15, 0.2) is 12.1 Å². The topological polar surface area (TPSA) is 78.5 Å². The Hall–Kier alpha value is -1.86. The predicted octanol–water partition coefficient (Wildman–Crippen LogP) is 1.95. The van der Waals surface area contributed by atoms with Gasteiger partial charge < -0.3 is 10.2 Å². The van der Waals surface area contributed by atoms with E-state index >= 15 is 0 Å². The third-order valence-electron chi connectivity index (χ3n) is 4.16. The van der Waals surface area contributed by atoms with Gasteiger partial charge in [0.1, 0.15) is 11.4 Å².